The summed E-state index contributed by atoms with van der Waals surface area (Å²) in [4.78, 5) is 14.5. The molecule has 2 fully saturated rings. The zero-order valence-corrected chi connectivity index (χ0v) is 12.2. The molecule has 2 aliphatic rings. The molecule has 20 heavy (non-hydrogen) atoms. The van der Waals surface area contributed by atoms with Crippen molar-refractivity contribution in [2.75, 3.05) is 6.54 Å². The zero-order chi connectivity index (χ0) is 13.9. The first kappa shape index (κ1) is 13.6. The third kappa shape index (κ3) is 2.59. The molecule has 1 amide bonds. The Morgan fingerprint density at radius 1 is 1.10 bits per heavy atom. The van der Waals surface area contributed by atoms with E-state index in [1.165, 1.54) is 31.2 Å². The molecule has 3 heteroatoms. The highest BCUT2D eigenvalue weighted by Gasteiger charge is 2.38. The Morgan fingerprint density at radius 2 is 1.85 bits per heavy atom. The van der Waals surface area contributed by atoms with Gasteiger partial charge in [-0.2, -0.15) is 0 Å². The second-order valence-corrected chi connectivity index (χ2v) is 6.18. The fourth-order valence-electron chi connectivity index (χ4n) is 3.69. The average molecular weight is 272 g/mol. The van der Waals surface area contributed by atoms with Crippen molar-refractivity contribution in [2.45, 2.75) is 51.2 Å². The van der Waals surface area contributed by atoms with Crippen LogP contribution in [0.1, 0.15) is 50.8 Å². The highest BCUT2D eigenvalue weighted by atomic mass is 16.2. The van der Waals surface area contributed by atoms with E-state index < -0.39 is 0 Å². The number of nitrogens with one attached hydrogen (secondary N) is 1. The van der Waals surface area contributed by atoms with Crippen molar-refractivity contribution in [2.24, 2.45) is 5.92 Å². The molecule has 1 heterocycles. The van der Waals surface area contributed by atoms with Gasteiger partial charge in [0.2, 0.25) is 5.91 Å². The number of hydrogen-bond acceptors (Lipinski definition) is 2. The minimum atomic E-state index is 0.0641. The normalized spacial score (nSPS) is 31.4. The van der Waals surface area contributed by atoms with Crippen molar-refractivity contribution in [1.29, 1.82) is 0 Å². The Labute approximate surface area is 121 Å². The molecule has 3 unspecified atom stereocenters. The first-order chi connectivity index (χ1) is 9.77. The number of benzene rings is 1. The molecule has 3 nitrogen and oxygen atoms in total. The molecule has 1 saturated carbocycles. The Bertz CT molecular complexity index is 459. The topological polar surface area (TPSA) is 32.3 Å². The maximum Gasteiger partial charge on any atom is 0.238 e. The summed E-state index contributed by atoms with van der Waals surface area (Å²) in [7, 11) is 0. The predicted molar refractivity (Wildman–Crippen MR) is 80.1 cm³/mol. The number of carbonyl (C=O) groups is 1. The van der Waals surface area contributed by atoms with Gasteiger partial charge in [0, 0.05) is 6.04 Å². The monoisotopic (exact) mass is 272 g/mol. The minimum absolute atomic E-state index is 0.0641. The lowest BCUT2D eigenvalue weighted by Crippen LogP contribution is -2.43. The average Bonchev–Trinajstić information content (AvgIpc) is 2.72. The largest absolute Gasteiger partial charge is 0.319 e. The van der Waals surface area contributed by atoms with Crippen LogP contribution in [0.4, 0.5) is 0 Å². The Kier molecular flexibility index (Phi) is 4.06. The molecule has 0 radical (unpaired) electrons. The summed E-state index contributed by atoms with van der Waals surface area (Å²) < 4.78 is 0. The highest BCUT2D eigenvalue weighted by Crippen LogP contribution is 2.33. The van der Waals surface area contributed by atoms with Gasteiger partial charge in [0.1, 0.15) is 6.17 Å². The lowest BCUT2D eigenvalue weighted by atomic mass is 9.94. The summed E-state index contributed by atoms with van der Waals surface area (Å²) in [6.45, 7) is 2.78. The van der Waals surface area contributed by atoms with E-state index in [1.807, 2.05) is 6.07 Å². The molecule has 3 rings (SSSR count). The fourth-order valence-corrected chi connectivity index (χ4v) is 3.69. The predicted octanol–water partition coefficient (Wildman–Crippen LogP) is 3.09. The van der Waals surface area contributed by atoms with Crippen molar-refractivity contribution < 1.29 is 4.79 Å². The molecule has 1 N–H and O–H groups in total. The molecule has 0 spiro atoms. The van der Waals surface area contributed by atoms with Gasteiger partial charge in [-0.1, -0.05) is 56.5 Å². The van der Waals surface area contributed by atoms with Gasteiger partial charge < -0.3 is 4.90 Å². The van der Waals surface area contributed by atoms with Crippen LogP contribution < -0.4 is 5.32 Å². The summed E-state index contributed by atoms with van der Waals surface area (Å²) in [5, 5.41) is 3.39. The molecule has 108 valence electrons. The van der Waals surface area contributed by atoms with Crippen LogP contribution in [0.2, 0.25) is 0 Å². The second-order valence-electron chi connectivity index (χ2n) is 6.18. The van der Waals surface area contributed by atoms with Crippen molar-refractivity contribution in [3.05, 3.63) is 35.9 Å². The van der Waals surface area contributed by atoms with Crippen molar-refractivity contribution in [3.8, 4) is 0 Å². The van der Waals surface area contributed by atoms with Gasteiger partial charge in [-0.25, -0.2) is 0 Å². The molecule has 1 aliphatic heterocycles. The van der Waals surface area contributed by atoms with Crippen LogP contribution in [0.25, 0.3) is 0 Å². The molecule has 3 atom stereocenters. The van der Waals surface area contributed by atoms with E-state index in [1.54, 1.807) is 0 Å². The maximum absolute atomic E-state index is 12.4. The molecule has 1 aromatic carbocycles. The van der Waals surface area contributed by atoms with E-state index in [0.717, 1.165) is 6.42 Å². The molecule has 0 bridgehead atoms. The Morgan fingerprint density at radius 3 is 2.65 bits per heavy atom. The van der Waals surface area contributed by atoms with Gasteiger partial charge in [0.15, 0.2) is 0 Å². The van der Waals surface area contributed by atoms with E-state index in [0.29, 0.717) is 18.5 Å². The lowest BCUT2D eigenvalue weighted by molar-refractivity contribution is -0.131. The number of hydrogen-bond donors (Lipinski definition) is 1. The van der Waals surface area contributed by atoms with Crippen LogP contribution in [-0.2, 0) is 4.79 Å². The van der Waals surface area contributed by atoms with Gasteiger partial charge >= 0.3 is 0 Å². The second kappa shape index (κ2) is 5.96. The van der Waals surface area contributed by atoms with Crippen LogP contribution in [0.15, 0.2) is 30.3 Å². The van der Waals surface area contributed by atoms with Crippen LogP contribution in [0.5, 0.6) is 0 Å². The number of nitrogens with zero attached hydrogens (tertiary/aromatic N) is 1. The molecule has 1 aliphatic carbocycles. The first-order valence-corrected chi connectivity index (χ1v) is 7.87. The van der Waals surface area contributed by atoms with E-state index in [4.69, 9.17) is 0 Å². The summed E-state index contributed by atoms with van der Waals surface area (Å²) >= 11 is 0. The molecular weight excluding hydrogens is 248 g/mol. The SMILES string of the molecule is CC1CCCCCC1N1C(=O)CNC1c1ccccc1. The summed E-state index contributed by atoms with van der Waals surface area (Å²) in [6, 6.07) is 10.8. The summed E-state index contributed by atoms with van der Waals surface area (Å²) in [5.41, 5.74) is 1.20. The number of amides is 1. The van der Waals surface area contributed by atoms with Gasteiger partial charge in [-0.3, -0.25) is 10.1 Å². The Hall–Kier alpha value is -1.35. The maximum atomic E-state index is 12.4. The summed E-state index contributed by atoms with van der Waals surface area (Å²) in [6.07, 6.45) is 6.33. The van der Waals surface area contributed by atoms with Crippen LogP contribution in [-0.4, -0.2) is 23.4 Å². The van der Waals surface area contributed by atoms with Gasteiger partial charge in [-0.05, 0) is 24.3 Å². The standard InChI is InChI=1S/C17H24N2O/c1-13-8-4-2-7-11-15(13)19-16(20)12-18-17(19)14-9-5-3-6-10-14/h3,5-6,9-10,13,15,17-18H,2,4,7-8,11-12H2,1H3. The van der Waals surface area contributed by atoms with Crippen LogP contribution >= 0.6 is 0 Å². The highest BCUT2D eigenvalue weighted by molar-refractivity contribution is 5.81. The van der Waals surface area contributed by atoms with E-state index >= 15 is 0 Å². The Balaban J connectivity index is 1.86. The fraction of sp³-hybridized carbons (Fsp3) is 0.588. The first-order valence-electron chi connectivity index (χ1n) is 7.87. The third-order valence-corrected chi connectivity index (χ3v) is 4.80. The van der Waals surface area contributed by atoms with Gasteiger partial charge in [0.05, 0.1) is 6.54 Å². The quantitative estimate of drug-likeness (QED) is 0.839. The smallest absolute Gasteiger partial charge is 0.238 e. The third-order valence-electron chi connectivity index (χ3n) is 4.80. The van der Waals surface area contributed by atoms with Crippen molar-refractivity contribution >= 4 is 5.91 Å². The van der Waals surface area contributed by atoms with Crippen molar-refractivity contribution in [3.63, 3.8) is 0 Å². The molecule has 1 saturated heterocycles. The molecule has 0 aromatic heterocycles. The van der Waals surface area contributed by atoms with Gasteiger partial charge in [0.25, 0.3) is 0 Å². The lowest BCUT2D eigenvalue weighted by Gasteiger charge is -2.36. The van der Waals surface area contributed by atoms with E-state index in [9.17, 15) is 4.79 Å². The molecular formula is C17H24N2O. The van der Waals surface area contributed by atoms with Crippen molar-refractivity contribution in [1.82, 2.24) is 10.2 Å². The van der Waals surface area contributed by atoms with Gasteiger partial charge in [-0.15, -0.1) is 0 Å². The van der Waals surface area contributed by atoms with Crippen LogP contribution in [0.3, 0.4) is 0 Å². The van der Waals surface area contributed by atoms with E-state index in [-0.39, 0.29) is 12.1 Å². The van der Waals surface area contributed by atoms with Crippen LogP contribution in [0, 0.1) is 5.92 Å². The van der Waals surface area contributed by atoms with E-state index in [2.05, 4.69) is 41.4 Å². The number of carbonyl (C=O) groups excluding carboxylic acids is 1. The number of rotatable bonds is 2. The zero-order valence-electron chi connectivity index (χ0n) is 12.2. The molecule has 1 aromatic rings. The minimum Gasteiger partial charge on any atom is -0.319 e. The summed E-state index contributed by atoms with van der Waals surface area (Å²) in [5.74, 6) is 0.866.